The van der Waals surface area contributed by atoms with Crippen LogP contribution in [0.2, 0.25) is 0 Å². The lowest BCUT2D eigenvalue weighted by Crippen LogP contribution is -2.54. The van der Waals surface area contributed by atoms with Gasteiger partial charge in [0.25, 0.3) is 0 Å². The van der Waals surface area contributed by atoms with E-state index in [1.807, 2.05) is 11.8 Å². The van der Waals surface area contributed by atoms with Crippen LogP contribution in [0.5, 0.6) is 11.5 Å². The first-order chi connectivity index (χ1) is 14.5. The summed E-state index contributed by atoms with van der Waals surface area (Å²) >= 11 is 0. The SMILES string of the molecule is CCN1CCC(C(=O)O)(S(=O)(=O)c2ccc(Oc3ccc(C(F)(F)F)cc3)cc2)CC1. The average molecular weight is 457 g/mol. The fourth-order valence-electron chi connectivity index (χ4n) is 3.59. The van der Waals surface area contributed by atoms with Gasteiger partial charge in [-0.05, 0) is 67.9 Å². The summed E-state index contributed by atoms with van der Waals surface area (Å²) in [6.45, 7) is 3.39. The first kappa shape index (κ1) is 23.1. The van der Waals surface area contributed by atoms with Crippen molar-refractivity contribution < 1.29 is 36.2 Å². The molecule has 3 rings (SSSR count). The third-order valence-corrected chi connectivity index (χ3v) is 8.07. The summed E-state index contributed by atoms with van der Waals surface area (Å²) in [6, 6.07) is 9.30. The number of carboxylic acid groups (broad SMARTS) is 1. The minimum absolute atomic E-state index is 0.0116. The van der Waals surface area contributed by atoms with Crippen LogP contribution in [-0.2, 0) is 20.8 Å². The zero-order chi connectivity index (χ0) is 22.9. The Balaban J connectivity index is 1.80. The summed E-state index contributed by atoms with van der Waals surface area (Å²) in [5.41, 5.74) is -0.811. The number of alkyl halides is 3. The van der Waals surface area contributed by atoms with Gasteiger partial charge in [0, 0.05) is 13.1 Å². The van der Waals surface area contributed by atoms with E-state index < -0.39 is 32.3 Å². The summed E-state index contributed by atoms with van der Waals surface area (Å²) in [5, 5.41) is 9.77. The molecular formula is C21H22F3NO5S. The predicted octanol–water partition coefficient (Wildman–Crippen LogP) is 4.21. The van der Waals surface area contributed by atoms with Gasteiger partial charge in [-0.3, -0.25) is 4.79 Å². The molecule has 0 aliphatic carbocycles. The highest BCUT2D eigenvalue weighted by Crippen LogP contribution is 2.37. The Labute approximate surface area is 178 Å². The Hall–Kier alpha value is -2.59. The smallest absolute Gasteiger partial charge is 0.416 e. The number of ether oxygens (including phenoxy) is 1. The van der Waals surface area contributed by atoms with Crippen molar-refractivity contribution in [3.05, 3.63) is 54.1 Å². The first-order valence-electron chi connectivity index (χ1n) is 9.65. The number of piperidine rings is 1. The molecule has 0 amide bonds. The average Bonchev–Trinajstić information content (AvgIpc) is 2.73. The van der Waals surface area contributed by atoms with Gasteiger partial charge in [0.1, 0.15) is 11.5 Å². The molecule has 31 heavy (non-hydrogen) atoms. The zero-order valence-electron chi connectivity index (χ0n) is 16.7. The molecule has 1 fully saturated rings. The van der Waals surface area contributed by atoms with E-state index in [1.54, 1.807) is 0 Å². The molecule has 0 aromatic heterocycles. The number of hydrogen-bond donors (Lipinski definition) is 1. The number of likely N-dealkylation sites (tertiary alicyclic amines) is 1. The van der Waals surface area contributed by atoms with E-state index in [0.29, 0.717) is 19.6 Å². The maximum Gasteiger partial charge on any atom is 0.416 e. The molecule has 1 aliphatic rings. The number of carboxylic acids is 1. The molecule has 6 nitrogen and oxygen atoms in total. The maximum atomic E-state index is 13.2. The van der Waals surface area contributed by atoms with Crippen molar-refractivity contribution in [3.63, 3.8) is 0 Å². The Morgan fingerprint density at radius 2 is 1.52 bits per heavy atom. The second kappa shape index (κ2) is 8.51. The largest absolute Gasteiger partial charge is 0.480 e. The van der Waals surface area contributed by atoms with Crippen LogP contribution in [0.1, 0.15) is 25.3 Å². The van der Waals surface area contributed by atoms with Crippen LogP contribution in [0.25, 0.3) is 0 Å². The molecule has 0 saturated carbocycles. The molecule has 1 aliphatic heterocycles. The molecule has 168 valence electrons. The van der Waals surface area contributed by atoms with Crippen LogP contribution in [-0.4, -0.2) is 48.8 Å². The fraction of sp³-hybridized carbons (Fsp3) is 0.381. The van der Waals surface area contributed by atoms with Crippen LogP contribution < -0.4 is 4.74 Å². The van der Waals surface area contributed by atoms with Crippen molar-refractivity contribution in [2.45, 2.75) is 35.6 Å². The summed E-state index contributed by atoms with van der Waals surface area (Å²) < 4.78 is 67.9. The van der Waals surface area contributed by atoms with Gasteiger partial charge in [-0.2, -0.15) is 13.2 Å². The Kier molecular flexibility index (Phi) is 6.33. The number of benzene rings is 2. The number of aliphatic carboxylic acids is 1. The van der Waals surface area contributed by atoms with Gasteiger partial charge in [0.05, 0.1) is 10.5 Å². The lowest BCUT2D eigenvalue weighted by molar-refractivity contribution is -0.141. The lowest BCUT2D eigenvalue weighted by atomic mass is 9.96. The number of halogens is 3. The van der Waals surface area contributed by atoms with E-state index in [2.05, 4.69) is 0 Å². The quantitative estimate of drug-likeness (QED) is 0.700. The second-order valence-electron chi connectivity index (χ2n) is 7.33. The van der Waals surface area contributed by atoms with Gasteiger partial charge >= 0.3 is 12.1 Å². The van der Waals surface area contributed by atoms with Crippen LogP contribution >= 0.6 is 0 Å². The van der Waals surface area contributed by atoms with Crippen molar-refractivity contribution in [2.75, 3.05) is 19.6 Å². The van der Waals surface area contributed by atoms with Gasteiger partial charge in [-0.25, -0.2) is 8.42 Å². The van der Waals surface area contributed by atoms with E-state index in [4.69, 9.17) is 4.74 Å². The molecule has 0 radical (unpaired) electrons. The van der Waals surface area contributed by atoms with Crippen molar-refractivity contribution in [3.8, 4) is 11.5 Å². The van der Waals surface area contributed by atoms with Crippen LogP contribution in [0.3, 0.4) is 0 Å². The van der Waals surface area contributed by atoms with Crippen molar-refractivity contribution in [1.82, 2.24) is 4.90 Å². The highest BCUT2D eigenvalue weighted by molar-refractivity contribution is 7.93. The molecule has 2 aromatic rings. The van der Waals surface area contributed by atoms with Crippen LogP contribution in [0, 0.1) is 0 Å². The van der Waals surface area contributed by atoms with Gasteiger partial charge in [0.15, 0.2) is 14.6 Å². The minimum atomic E-state index is -4.46. The van der Waals surface area contributed by atoms with Crippen molar-refractivity contribution >= 4 is 15.8 Å². The molecule has 0 bridgehead atoms. The van der Waals surface area contributed by atoms with Crippen LogP contribution in [0.15, 0.2) is 53.4 Å². The molecule has 0 spiro atoms. The van der Waals surface area contributed by atoms with Crippen molar-refractivity contribution in [1.29, 1.82) is 0 Å². The molecule has 1 saturated heterocycles. The molecule has 0 unspecified atom stereocenters. The number of carbonyl (C=O) groups is 1. The van der Waals surface area contributed by atoms with E-state index in [-0.39, 0.29) is 29.2 Å². The van der Waals surface area contributed by atoms with Crippen LogP contribution in [0.4, 0.5) is 13.2 Å². The summed E-state index contributed by atoms with van der Waals surface area (Å²) in [7, 11) is -4.17. The summed E-state index contributed by atoms with van der Waals surface area (Å²) in [5.74, 6) is -1.00. The number of hydrogen-bond acceptors (Lipinski definition) is 5. The molecular weight excluding hydrogens is 435 g/mol. The molecule has 1 N–H and O–H groups in total. The van der Waals surface area contributed by atoms with E-state index in [0.717, 1.165) is 24.3 Å². The third kappa shape index (κ3) is 4.54. The van der Waals surface area contributed by atoms with Gasteiger partial charge in [-0.1, -0.05) is 6.92 Å². The predicted molar refractivity (Wildman–Crippen MR) is 107 cm³/mol. The van der Waals surface area contributed by atoms with Gasteiger partial charge in [-0.15, -0.1) is 0 Å². The molecule has 10 heteroatoms. The number of rotatable bonds is 6. The molecule has 0 atom stereocenters. The Morgan fingerprint density at radius 1 is 1.03 bits per heavy atom. The number of sulfone groups is 1. The summed E-state index contributed by atoms with van der Waals surface area (Å²) in [6.07, 6.45) is -4.48. The highest BCUT2D eigenvalue weighted by atomic mass is 32.2. The zero-order valence-corrected chi connectivity index (χ0v) is 17.5. The van der Waals surface area contributed by atoms with E-state index in [1.165, 1.54) is 24.3 Å². The van der Waals surface area contributed by atoms with E-state index >= 15 is 0 Å². The Bertz CT molecular complexity index is 1030. The lowest BCUT2D eigenvalue weighted by Gasteiger charge is -2.37. The molecule has 2 aromatic carbocycles. The molecule has 1 heterocycles. The first-order valence-corrected chi connectivity index (χ1v) is 11.1. The van der Waals surface area contributed by atoms with Crippen molar-refractivity contribution in [2.24, 2.45) is 0 Å². The normalized spacial score (nSPS) is 17.3. The minimum Gasteiger partial charge on any atom is -0.480 e. The Morgan fingerprint density at radius 3 is 1.94 bits per heavy atom. The standard InChI is InChI=1S/C21H22F3NO5S/c1-2-25-13-11-20(12-14-25,19(26)27)31(28,29)18-9-7-17(8-10-18)30-16-5-3-15(4-6-16)21(22,23)24/h3-10H,2,11-14H2,1H3,(H,26,27). The van der Waals surface area contributed by atoms with E-state index in [9.17, 15) is 31.5 Å². The maximum absolute atomic E-state index is 13.2. The highest BCUT2D eigenvalue weighted by Gasteiger charge is 2.53. The van der Waals surface area contributed by atoms with Gasteiger partial charge in [0.2, 0.25) is 0 Å². The second-order valence-corrected chi connectivity index (χ2v) is 9.59. The fourth-order valence-corrected chi connectivity index (χ4v) is 5.48. The third-order valence-electron chi connectivity index (χ3n) is 5.57. The number of nitrogens with zero attached hydrogens (tertiary/aromatic N) is 1. The monoisotopic (exact) mass is 457 g/mol. The topological polar surface area (TPSA) is 83.9 Å². The summed E-state index contributed by atoms with van der Waals surface area (Å²) in [4.78, 5) is 13.9. The van der Waals surface area contributed by atoms with Gasteiger partial charge < -0.3 is 14.7 Å².